The zero-order valence-corrected chi connectivity index (χ0v) is 21.7. The van der Waals surface area contributed by atoms with Gasteiger partial charge >= 0.3 is 195 Å². The predicted octanol–water partition coefficient (Wildman–Crippen LogP) is 2.66. The Kier molecular flexibility index (Phi) is 6.11. The van der Waals surface area contributed by atoms with Crippen LogP contribution in [-0.2, 0) is 12.0 Å². The first-order valence-electron chi connectivity index (χ1n) is 11.8. The van der Waals surface area contributed by atoms with Crippen molar-refractivity contribution in [3.05, 3.63) is 53.6 Å². The first-order chi connectivity index (χ1) is 16.4. The fourth-order valence-corrected chi connectivity index (χ4v) is 5.53. The van der Waals surface area contributed by atoms with Crippen LogP contribution in [-0.4, -0.2) is 67.2 Å². The molecule has 1 spiro atoms. The van der Waals surface area contributed by atoms with Crippen LogP contribution in [0.3, 0.4) is 0 Å². The van der Waals surface area contributed by atoms with Crippen LogP contribution < -0.4 is 14.5 Å². The second-order valence-electron chi connectivity index (χ2n) is 9.19. The molecule has 34 heavy (non-hydrogen) atoms. The summed E-state index contributed by atoms with van der Waals surface area (Å²) in [6.07, 6.45) is 5.42. The van der Waals surface area contributed by atoms with E-state index in [1.807, 2.05) is 50.1 Å². The average molecular weight is 520 g/mol. The molecule has 9 heteroatoms. The van der Waals surface area contributed by atoms with Crippen LogP contribution in [0.1, 0.15) is 49.7 Å². The number of nitrogens with zero attached hydrogens (tertiary/aromatic N) is 5. The fraction of sp³-hybridized carbons (Fsp3) is 0.440. The van der Waals surface area contributed by atoms with E-state index in [0.29, 0.717) is 12.3 Å². The van der Waals surface area contributed by atoms with E-state index >= 15 is 0 Å². The van der Waals surface area contributed by atoms with Gasteiger partial charge in [-0.1, -0.05) is 0 Å². The number of amides is 2. The van der Waals surface area contributed by atoms with Gasteiger partial charge in [0, 0.05) is 6.54 Å². The van der Waals surface area contributed by atoms with Gasteiger partial charge in [-0.15, -0.1) is 0 Å². The predicted molar refractivity (Wildman–Crippen MR) is 130 cm³/mol. The van der Waals surface area contributed by atoms with Crippen molar-refractivity contribution < 1.29 is 9.53 Å². The number of nitrogens with one attached hydrogen (secondary N) is 1. The summed E-state index contributed by atoms with van der Waals surface area (Å²) in [4.78, 5) is 23.4. The van der Waals surface area contributed by atoms with Crippen LogP contribution in [0.25, 0.3) is 11.3 Å². The number of ether oxygens (including phenoxy) is 1. The van der Waals surface area contributed by atoms with Gasteiger partial charge in [-0.05, 0) is 6.92 Å². The number of pyridine rings is 2. The Morgan fingerprint density at radius 3 is 2.91 bits per heavy atom. The molecule has 2 atom stereocenters. The van der Waals surface area contributed by atoms with Crippen LogP contribution in [0.5, 0.6) is 5.75 Å². The number of carbonyl (C=O) groups excluding carboxylic acids is 1. The van der Waals surface area contributed by atoms with E-state index in [1.165, 1.54) is 5.69 Å². The summed E-state index contributed by atoms with van der Waals surface area (Å²) in [6.45, 7) is 9.02. The SMILES string of the molecule is CCNC(=O)N1CC[C@@]2(CCn3nc(-c4cnc([As])c(OC(C)c5ncccc5C)c4)cc32)C1. The second-order valence-corrected chi connectivity index (χ2v) is 10.1. The molecule has 0 aliphatic carbocycles. The van der Waals surface area contributed by atoms with E-state index in [1.54, 1.807) is 6.20 Å². The molecule has 1 saturated heterocycles. The topological polar surface area (TPSA) is 85.2 Å². The standard InChI is InChI=1S/C25H29AsN6O2/c1-4-27-24(33)31-10-7-25(15-31)8-11-32-21(25)13-19(30-32)18-12-20(23(26)29-14-18)34-17(3)22-16(2)6-5-9-28-22/h5-6,9,12-14,17H,4,7-8,10-11,15H2,1-3H3,(H,27,33)/t17?,25-/m1/s1. The minimum absolute atomic E-state index is 0.0182. The van der Waals surface area contributed by atoms with Gasteiger partial charge < -0.3 is 0 Å². The molecule has 1 fully saturated rings. The maximum atomic E-state index is 12.4. The molecule has 8 nitrogen and oxygen atoms in total. The quantitative estimate of drug-likeness (QED) is 0.523. The van der Waals surface area contributed by atoms with E-state index in [-0.39, 0.29) is 17.6 Å². The number of rotatable bonds is 5. The monoisotopic (exact) mass is 520 g/mol. The first-order valence-corrected chi connectivity index (χ1v) is 12.7. The Balaban J connectivity index is 1.39. The van der Waals surface area contributed by atoms with Crippen molar-refractivity contribution in [1.29, 1.82) is 0 Å². The number of aromatic nitrogens is 4. The van der Waals surface area contributed by atoms with Crippen LogP contribution >= 0.6 is 0 Å². The molecule has 2 aliphatic rings. The maximum absolute atomic E-state index is 12.4. The Hall–Kier alpha value is -2.86. The molecular weight excluding hydrogens is 491 g/mol. The normalized spacial score (nSPS) is 19.9. The van der Waals surface area contributed by atoms with Gasteiger partial charge in [0.1, 0.15) is 0 Å². The second kappa shape index (κ2) is 9.06. The van der Waals surface area contributed by atoms with Crippen molar-refractivity contribution >= 4 is 27.4 Å². The van der Waals surface area contributed by atoms with Gasteiger partial charge in [0.05, 0.1) is 0 Å². The molecule has 3 aromatic rings. The van der Waals surface area contributed by atoms with Crippen molar-refractivity contribution in [2.24, 2.45) is 0 Å². The number of carbonyl (C=O) groups is 1. The van der Waals surface area contributed by atoms with Crippen molar-refractivity contribution in [2.75, 3.05) is 19.6 Å². The molecule has 1 unspecified atom stereocenters. The van der Waals surface area contributed by atoms with Crippen LogP contribution in [0, 0.1) is 6.92 Å². The molecule has 5 rings (SSSR count). The third-order valence-corrected chi connectivity index (χ3v) is 7.67. The number of hydrogen-bond acceptors (Lipinski definition) is 5. The van der Waals surface area contributed by atoms with E-state index in [4.69, 9.17) is 9.84 Å². The van der Waals surface area contributed by atoms with Gasteiger partial charge in [0.25, 0.3) is 0 Å². The molecule has 176 valence electrons. The van der Waals surface area contributed by atoms with Crippen LogP contribution in [0.4, 0.5) is 4.79 Å². The van der Waals surface area contributed by atoms with Gasteiger partial charge in [0.2, 0.25) is 0 Å². The molecule has 3 aromatic heterocycles. The van der Waals surface area contributed by atoms with Crippen molar-refractivity contribution in [2.45, 2.75) is 51.7 Å². The fourth-order valence-electron chi connectivity index (χ4n) is 5.16. The van der Waals surface area contributed by atoms with E-state index in [0.717, 1.165) is 59.5 Å². The van der Waals surface area contributed by atoms with E-state index in [2.05, 4.69) is 42.9 Å². The van der Waals surface area contributed by atoms with Crippen molar-refractivity contribution in [3.8, 4) is 17.0 Å². The zero-order chi connectivity index (χ0) is 23.9. The first kappa shape index (κ1) is 22.9. The minimum atomic E-state index is -0.199. The molecule has 0 bridgehead atoms. The number of fused-ring (bicyclic) bond motifs is 2. The third kappa shape index (κ3) is 4.09. The third-order valence-electron chi connectivity index (χ3n) is 6.96. The molecule has 2 radical (unpaired) electrons. The van der Waals surface area contributed by atoms with Crippen LogP contribution in [0.15, 0.2) is 36.7 Å². The van der Waals surface area contributed by atoms with Gasteiger partial charge in [-0.25, -0.2) is 0 Å². The van der Waals surface area contributed by atoms with Crippen LogP contribution in [0.2, 0.25) is 0 Å². The number of likely N-dealkylation sites (tertiary alicyclic amines) is 1. The molecule has 2 amide bonds. The molecule has 1 N–H and O–H groups in total. The summed E-state index contributed by atoms with van der Waals surface area (Å²) < 4.78 is 9.16. The van der Waals surface area contributed by atoms with Gasteiger partial charge in [-0.3, -0.25) is 0 Å². The summed E-state index contributed by atoms with van der Waals surface area (Å²) in [5.41, 5.74) is 5.02. The molecule has 0 saturated carbocycles. The summed E-state index contributed by atoms with van der Waals surface area (Å²) in [6, 6.07) is 8.18. The summed E-state index contributed by atoms with van der Waals surface area (Å²) in [5.74, 6) is 0.709. The van der Waals surface area contributed by atoms with E-state index in [9.17, 15) is 4.79 Å². The van der Waals surface area contributed by atoms with Crippen molar-refractivity contribution in [3.63, 3.8) is 0 Å². The Labute approximate surface area is 208 Å². The zero-order valence-electron chi connectivity index (χ0n) is 19.8. The average Bonchev–Trinajstić information content (AvgIpc) is 3.53. The van der Waals surface area contributed by atoms with Gasteiger partial charge in [-0.2, -0.15) is 0 Å². The molecule has 0 aromatic carbocycles. The molecule has 2 aliphatic heterocycles. The number of aryl methyl sites for hydroxylation is 2. The van der Waals surface area contributed by atoms with Gasteiger partial charge in [0.15, 0.2) is 0 Å². The Bertz CT molecular complexity index is 1230. The molecular formula is C25H29AsN6O2. The van der Waals surface area contributed by atoms with E-state index < -0.39 is 0 Å². The summed E-state index contributed by atoms with van der Waals surface area (Å²) in [5, 5.41) is 7.82. The summed E-state index contributed by atoms with van der Waals surface area (Å²) >= 11 is 2.48. The number of hydrogen-bond donors (Lipinski definition) is 1. The number of urea groups is 1. The van der Waals surface area contributed by atoms with Crippen molar-refractivity contribution in [1.82, 2.24) is 30.0 Å². The Morgan fingerprint density at radius 2 is 2.12 bits per heavy atom. The summed E-state index contributed by atoms with van der Waals surface area (Å²) in [7, 11) is 0. The molecule has 5 heterocycles. The Morgan fingerprint density at radius 1 is 1.29 bits per heavy atom.